The van der Waals surface area contributed by atoms with Crippen LogP contribution in [0.25, 0.3) is 0 Å². The van der Waals surface area contributed by atoms with Crippen LogP contribution in [-0.4, -0.2) is 37.2 Å². The molecule has 2 heterocycles. The number of fused-ring (bicyclic) bond motifs is 1. The van der Waals surface area contributed by atoms with Crippen molar-refractivity contribution in [2.45, 2.75) is 31.8 Å². The molecule has 2 aliphatic rings. The number of nitrogens with zero attached hydrogens (tertiary/aromatic N) is 1. The molecular formula is C16H24N2O. The number of piperidine rings is 1. The van der Waals surface area contributed by atoms with Gasteiger partial charge in [0, 0.05) is 13.0 Å². The topological polar surface area (TPSA) is 38.5 Å². The van der Waals surface area contributed by atoms with Gasteiger partial charge >= 0.3 is 0 Å². The molecule has 3 nitrogen and oxygen atoms in total. The van der Waals surface area contributed by atoms with Gasteiger partial charge in [0.05, 0.1) is 0 Å². The molecule has 19 heavy (non-hydrogen) atoms. The van der Waals surface area contributed by atoms with E-state index >= 15 is 0 Å². The first-order valence-corrected chi connectivity index (χ1v) is 7.52. The van der Waals surface area contributed by atoms with E-state index in [1.807, 2.05) is 0 Å². The maximum Gasteiger partial charge on any atom is 0.123 e. The van der Waals surface area contributed by atoms with Gasteiger partial charge in [0.25, 0.3) is 0 Å². The third-order valence-corrected chi connectivity index (χ3v) is 4.46. The van der Waals surface area contributed by atoms with E-state index in [1.165, 1.54) is 37.9 Å². The second kappa shape index (κ2) is 5.93. The van der Waals surface area contributed by atoms with Gasteiger partial charge in [-0.1, -0.05) is 18.2 Å². The molecule has 3 rings (SSSR count). The van der Waals surface area contributed by atoms with Gasteiger partial charge in [-0.25, -0.2) is 0 Å². The lowest BCUT2D eigenvalue weighted by molar-refractivity contribution is 0.115. The van der Waals surface area contributed by atoms with Gasteiger partial charge in [-0.2, -0.15) is 0 Å². The highest BCUT2D eigenvalue weighted by atomic mass is 16.5. The van der Waals surface area contributed by atoms with Crippen molar-refractivity contribution in [1.29, 1.82) is 0 Å². The Bertz CT molecular complexity index is 388. The fourth-order valence-corrected chi connectivity index (χ4v) is 3.34. The van der Waals surface area contributed by atoms with Crippen LogP contribution in [0.1, 0.15) is 24.8 Å². The minimum absolute atomic E-state index is 0.350. The molecule has 0 amide bonds. The number of hydrogen-bond donors (Lipinski definition) is 1. The molecule has 0 bridgehead atoms. The SMILES string of the molecule is NCCC1CCN(CC2Cc3ccccc3O2)CC1. The Balaban J connectivity index is 1.47. The van der Waals surface area contributed by atoms with Crippen molar-refractivity contribution in [3.05, 3.63) is 29.8 Å². The van der Waals surface area contributed by atoms with Crippen LogP contribution >= 0.6 is 0 Å². The van der Waals surface area contributed by atoms with Crippen LogP contribution in [0.2, 0.25) is 0 Å². The first-order chi connectivity index (χ1) is 9.35. The smallest absolute Gasteiger partial charge is 0.123 e. The maximum atomic E-state index is 6.02. The molecule has 1 saturated heterocycles. The summed E-state index contributed by atoms with van der Waals surface area (Å²) in [5, 5.41) is 0. The average Bonchev–Trinajstić information content (AvgIpc) is 2.83. The summed E-state index contributed by atoms with van der Waals surface area (Å²) in [5.41, 5.74) is 7.01. The Morgan fingerprint density at radius 2 is 2.00 bits per heavy atom. The number of rotatable bonds is 4. The third kappa shape index (κ3) is 3.10. The summed E-state index contributed by atoms with van der Waals surface area (Å²) >= 11 is 0. The van der Waals surface area contributed by atoms with Gasteiger partial charge in [0.15, 0.2) is 0 Å². The molecule has 0 spiro atoms. The number of para-hydroxylation sites is 1. The Hall–Kier alpha value is -1.06. The monoisotopic (exact) mass is 260 g/mol. The minimum atomic E-state index is 0.350. The van der Waals surface area contributed by atoms with Crippen molar-refractivity contribution in [3.63, 3.8) is 0 Å². The fraction of sp³-hybridized carbons (Fsp3) is 0.625. The Kier molecular flexibility index (Phi) is 4.04. The van der Waals surface area contributed by atoms with E-state index in [0.29, 0.717) is 6.10 Å². The van der Waals surface area contributed by atoms with Crippen LogP contribution in [0.4, 0.5) is 0 Å². The molecule has 104 valence electrons. The Labute approximate surface area is 115 Å². The molecule has 1 atom stereocenters. The second-order valence-electron chi connectivity index (χ2n) is 5.87. The lowest BCUT2D eigenvalue weighted by atomic mass is 9.93. The van der Waals surface area contributed by atoms with E-state index in [1.54, 1.807) is 0 Å². The molecule has 0 aromatic heterocycles. The largest absolute Gasteiger partial charge is 0.488 e. The summed E-state index contributed by atoms with van der Waals surface area (Å²) in [7, 11) is 0. The standard InChI is InChI=1S/C16H24N2O/c17-8-5-13-6-9-18(10-7-13)12-15-11-14-3-1-2-4-16(14)19-15/h1-4,13,15H,5-12,17H2. The number of benzene rings is 1. The zero-order valence-corrected chi connectivity index (χ0v) is 11.6. The van der Waals surface area contributed by atoms with Gasteiger partial charge in [0.2, 0.25) is 0 Å². The summed E-state index contributed by atoms with van der Waals surface area (Å²) in [6.07, 6.45) is 5.22. The van der Waals surface area contributed by atoms with Crippen molar-refractivity contribution < 1.29 is 4.74 Å². The van der Waals surface area contributed by atoms with Gasteiger partial charge < -0.3 is 10.5 Å². The van der Waals surface area contributed by atoms with E-state index < -0.39 is 0 Å². The first-order valence-electron chi connectivity index (χ1n) is 7.52. The minimum Gasteiger partial charge on any atom is -0.488 e. The summed E-state index contributed by atoms with van der Waals surface area (Å²) < 4.78 is 6.02. The van der Waals surface area contributed by atoms with Gasteiger partial charge in [-0.3, -0.25) is 4.90 Å². The molecule has 1 aromatic rings. The molecule has 0 radical (unpaired) electrons. The summed E-state index contributed by atoms with van der Waals surface area (Å²) in [6.45, 7) is 4.33. The zero-order valence-electron chi connectivity index (χ0n) is 11.6. The van der Waals surface area contributed by atoms with E-state index in [4.69, 9.17) is 10.5 Å². The van der Waals surface area contributed by atoms with Crippen molar-refractivity contribution >= 4 is 0 Å². The number of hydrogen-bond acceptors (Lipinski definition) is 3. The van der Waals surface area contributed by atoms with Crippen LogP contribution < -0.4 is 10.5 Å². The number of nitrogens with two attached hydrogens (primary N) is 1. The van der Waals surface area contributed by atoms with Crippen LogP contribution in [0.5, 0.6) is 5.75 Å². The highest BCUT2D eigenvalue weighted by molar-refractivity contribution is 5.37. The Morgan fingerprint density at radius 3 is 2.74 bits per heavy atom. The summed E-state index contributed by atoms with van der Waals surface area (Å²) in [5.74, 6) is 1.94. The summed E-state index contributed by atoms with van der Waals surface area (Å²) in [4.78, 5) is 2.56. The molecule has 1 unspecified atom stereocenters. The lowest BCUT2D eigenvalue weighted by Crippen LogP contribution is -2.40. The van der Waals surface area contributed by atoms with Crippen LogP contribution in [0, 0.1) is 5.92 Å². The van der Waals surface area contributed by atoms with Crippen LogP contribution in [0.15, 0.2) is 24.3 Å². The van der Waals surface area contributed by atoms with Gasteiger partial charge in [-0.05, 0) is 56.4 Å². The average molecular weight is 260 g/mol. The lowest BCUT2D eigenvalue weighted by Gasteiger charge is -2.33. The van der Waals surface area contributed by atoms with Crippen molar-refractivity contribution in [1.82, 2.24) is 4.90 Å². The molecular weight excluding hydrogens is 236 g/mol. The second-order valence-corrected chi connectivity index (χ2v) is 5.87. The predicted octanol–water partition coefficient (Wildman–Crippen LogP) is 2.05. The van der Waals surface area contributed by atoms with Crippen LogP contribution in [0.3, 0.4) is 0 Å². The van der Waals surface area contributed by atoms with E-state index in [0.717, 1.165) is 31.2 Å². The molecule has 1 aromatic carbocycles. The zero-order chi connectivity index (χ0) is 13.1. The third-order valence-electron chi connectivity index (χ3n) is 4.46. The van der Waals surface area contributed by atoms with Crippen LogP contribution in [-0.2, 0) is 6.42 Å². The Morgan fingerprint density at radius 1 is 1.21 bits per heavy atom. The van der Waals surface area contributed by atoms with E-state index in [9.17, 15) is 0 Å². The molecule has 0 aliphatic carbocycles. The van der Waals surface area contributed by atoms with Gasteiger partial charge in [-0.15, -0.1) is 0 Å². The molecule has 2 aliphatic heterocycles. The summed E-state index contributed by atoms with van der Waals surface area (Å²) in [6, 6.07) is 8.42. The normalized spacial score (nSPS) is 24.2. The highest BCUT2D eigenvalue weighted by Gasteiger charge is 2.26. The molecule has 3 heteroatoms. The number of ether oxygens (including phenoxy) is 1. The van der Waals surface area contributed by atoms with Gasteiger partial charge in [0.1, 0.15) is 11.9 Å². The quantitative estimate of drug-likeness (QED) is 0.900. The van der Waals surface area contributed by atoms with Crippen molar-refractivity contribution in [2.24, 2.45) is 11.7 Å². The highest BCUT2D eigenvalue weighted by Crippen LogP contribution is 2.29. The first kappa shape index (κ1) is 12.9. The molecule has 1 fully saturated rings. The predicted molar refractivity (Wildman–Crippen MR) is 77.4 cm³/mol. The van der Waals surface area contributed by atoms with E-state index in [2.05, 4.69) is 29.2 Å². The maximum absolute atomic E-state index is 6.02. The molecule has 2 N–H and O–H groups in total. The number of likely N-dealkylation sites (tertiary alicyclic amines) is 1. The fourth-order valence-electron chi connectivity index (χ4n) is 3.34. The van der Waals surface area contributed by atoms with E-state index in [-0.39, 0.29) is 0 Å². The van der Waals surface area contributed by atoms with Crippen molar-refractivity contribution in [2.75, 3.05) is 26.2 Å². The molecule has 0 saturated carbocycles. The van der Waals surface area contributed by atoms with Crippen molar-refractivity contribution in [3.8, 4) is 5.75 Å².